The average Bonchev–Trinajstić information content (AvgIpc) is 1.69. The third-order valence-electron chi connectivity index (χ3n) is 1.89. The zero-order valence-corrected chi connectivity index (χ0v) is 5.82. The van der Waals surface area contributed by atoms with Crippen LogP contribution in [0.1, 0.15) is 39.0 Å². The smallest absolute Gasteiger partial charge is 0.0443 e. The predicted molar refractivity (Wildman–Crippen MR) is 37.3 cm³/mol. The van der Waals surface area contributed by atoms with Gasteiger partial charge in [-0.05, 0) is 5.92 Å². The Morgan fingerprint density at radius 1 is 1.00 bits per heavy atom. The van der Waals surface area contributed by atoms with Crippen LogP contribution in [-0.2, 0) is 0 Å². The van der Waals surface area contributed by atoms with Gasteiger partial charge in [-0.2, -0.15) is 0 Å². The molecule has 0 amide bonds. The number of hydrogen-bond acceptors (Lipinski definition) is 1. The van der Waals surface area contributed by atoms with Gasteiger partial charge in [-0.1, -0.05) is 39.0 Å². The van der Waals surface area contributed by atoms with Crippen molar-refractivity contribution >= 4 is 0 Å². The van der Waals surface area contributed by atoms with Gasteiger partial charge in [0.05, 0.1) is 0 Å². The Labute approximate surface area is 52.1 Å². The second-order valence-corrected chi connectivity index (χ2v) is 2.74. The minimum Gasteiger partial charge on any atom is -0.344 e. The van der Waals surface area contributed by atoms with Gasteiger partial charge < -0.3 is 6.15 Å². The van der Waals surface area contributed by atoms with Gasteiger partial charge in [-0.15, -0.1) is 0 Å². The molecule has 0 atom stereocenters. The van der Waals surface area contributed by atoms with Gasteiger partial charge in [0.1, 0.15) is 0 Å². The van der Waals surface area contributed by atoms with Gasteiger partial charge in [0.15, 0.2) is 0 Å². The van der Waals surface area contributed by atoms with Crippen LogP contribution in [0.15, 0.2) is 0 Å². The van der Waals surface area contributed by atoms with Crippen molar-refractivity contribution < 1.29 is 0 Å². The third kappa shape index (κ3) is 2.31. The van der Waals surface area contributed by atoms with Crippen molar-refractivity contribution in [2.24, 2.45) is 5.92 Å². The Morgan fingerprint density at radius 3 is 1.75 bits per heavy atom. The molecule has 8 heavy (non-hydrogen) atoms. The van der Waals surface area contributed by atoms with Crippen molar-refractivity contribution in [2.45, 2.75) is 39.0 Å². The first-order valence-corrected chi connectivity index (χ1v) is 3.39. The van der Waals surface area contributed by atoms with E-state index in [1.54, 1.807) is 0 Å². The van der Waals surface area contributed by atoms with Crippen molar-refractivity contribution in [2.75, 3.05) is 0 Å². The highest BCUT2D eigenvalue weighted by Gasteiger charge is 2.05. The first kappa shape index (κ1) is 7.96. The lowest BCUT2D eigenvalue weighted by atomic mass is 9.91. The van der Waals surface area contributed by atoms with Crippen molar-refractivity contribution in [3.63, 3.8) is 0 Å². The standard InChI is InChI=1S/C7H14.H3N/c1-7-5-3-2-4-6-7;/h7H,2-6H2,1H3;1H3. The van der Waals surface area contributed by atoms with E-state index in [1.807, 2.05) is 0 Å². The summed E-state index contributed by atoms with van der Waals surface area (Å²) in [6.07, 6.45) is 7.44. The molecule has 0 aromatic carbocycles. The lowest BCUT2D eigenvalue weighted by Crippen LogP contribution is -1.99. The summed E-state index contributed by atoms with van der Waals surface area (Å²) in [5, 5.41) is 0. The molecule has 1 heteroatoms. The van der Waals surface area contributed by atoms with E-state index < -0.39 is 0 Å². The highest BCUT2D eigenvalue weighted by atomic mass is 14.1. The molecular formula is C7H17N. The summed E-state index contributed by atoms with van der Waals surface area (Å²) in [7, 11) is 0. The second kappa shape index (κ2) is 3.90. The molecular weight excluding hydrogens is 98.1 g/mol. The third-order valence-corrected chi connectivity index (χ3v) is 1.89. The molecule has 50 valence electrons. The molecule has 0 aromatic rings. The number of rotatable bonds is 0. The average molecular weight is 115 g/mol. The molecule has 3 N–H and O–H groups in total. The molecule has 1 aliphatic rings. The minimum absolute atomic E-state index is 0. The van der Waals surface area contributed by atoms with Crippen molar-refractivity contribution in [1.82, 2.24) is 6.15 Å². The molecule has 1 nitrogen and oxygen atoms in total. The molecule has 1 fully saturated rings. The molecule has 1 aliphatic carbocycles. The molecule has 0 heterocycles. The molecule has 0 radical (unpaired) electrons. The molecule has 0 aromatic heterocycles. The van der Waals surface area contributed by atoms with Crippen LogP contribution in [0.5, 0.6) is 0 Å². The summed E-state index contributed by atoms with van der Waals surface area (Å²) in [6.45, 7) is 2.36. The van der Waals surface area contributed by atoms with Crippen LogP contribution in [0.4, 0.5) is 0 Å². The summed E-state index contributed by atoms with van der Waals surface area (Å²) in [5.41, 5.74) is 0. The first-order chi connectivity index (χ1) is 3.39. The van der Waals surface area contributed by atoms with E-state index in [0.29, 0.717) is 0 Å². The molecule has 0 saturated heterocycles. The van der Waals surface area contributed by atoms with E-state index in [4.69, 9.17) is 0 Å². The van der Waals surface area contributed by atoms with Crippen molar-refractivity contribution in [1.29, 1.82) is 0 Å². The van der Waals surface area contributed by atoms with Crippen LogP contribution < -0.4 is 6.15 Å². The van der Waals surface area contributed by atoms with E-state index in [2.05, 4.69) is 6.92 Å². The van der Waals surface area contributed by atoms with E-state index in [9.17, 15) is 0 Å². The van der Waals surface area contributed by atoms with E-state index >= 15 is 0 Å². The summed E-state index contributed by atoms with van der Waals surface area (Å²) in [5.74, 6) is 1.04. The van der Waals surface area contributed by atoms with Gasteiger partial charge in [-0.25, -0.2) is 0 Å². The normalized spacial score (nSPS) is 22.1. The zero-order chi connectivity index (χ0) is 5.11. The Balaban J connectivity index is 0.000000490. The van der Waals surface area contributed by atoms with Gasteiger partial charge in [0.25, 0.3) is 0 Å². The van der Waals surface area contributed by atoms with E-state index in [1.165, 1.54) is 32.1 Å². The topological polar surface area (TPSA) is 35.0 Å². The highest BCUT2D eigenvalue weighted by molar-refractivity contribution is 4.59. The van der Waals surface area contributed by atoms with Crippen LogP contribution in [0.25, 0.3) is 0 Å². The monoisotopic (exact) mass is 115 g/mol. The molecule has 0 bridgehead atoms. The lowest BCUT2D eigenvalue weighted by Gasteiger charge is -2.15. The van der Waals surface area contributed by atoms with Gasteiger partial charge in [0.2, 0.25) is 0 Å². The fraction of sp³-hybridized carbons (Fsp3) is 1.00. The predicted octanol–water partition coefficient (Wildman–Crippen LogP) is 2.75. The van der Waals surface area contributed by atoms with Crippen LogP contribution in [0.2, 0.25) is 0 Å². The summed E-state index contributed by atoms with van der Waals surface area (Å²) >= 11 is 0. The van der Waals surface area contributed by atoms with Crippen molar-refractivity contribution in [3.8, 4) is 0 Å². The summed E-state index contributed by atoms with van der Waals surface area (Å²) in [6, 6.07) is 0. The summed E-state index contributed by atoms with van der Waals surface area (Å²) in [4.78, 5) is 0. The minimum atomic E-state index is 0. The summed E-state index contributed by atoms with van der Waals surface area (Å²) < 4.78 is 0. The van der Waals surface area contributed by atoms with Crippen LogP contribution in [0.3, 0.4) is 0 Å². The second-order valence-electron chi connectivity index (χ2n) is 2.74. The van der Waals surface area contributed by atoms with Gasteiger partial charge in [-0.3, -0.25) is 0 Å². The largest absolute Gasteiger partial charge is 0.344 e. The Morgan fingerprint density at radius 2 is 1.50 bits per heavy atom. The fourth-order valence-corrected chi connectivity index (χ4v) is 1.31. The lowest BCUT2D eigenvalue weighted by molar-refractivity contribution is 0.385. The first-order valence-electron chi connectivity index (χ1n) is 3.39. The number of hydrogen-bond donors (Lipinski definition) is 1. The quantitative estimate of drug-likeness (QED) is 0.517. The Bertz CT molecular complexity index is 46.3. The van der Waals surface area contributed by atoms with Crippen molar-refractivity contribution in [3.05, 3.63) is 0 Å². The SMILES string of the molecule is CC1CCCCC1.N. The molecule has 1 rings (SSSR count). The highest BCUT2D eigenvalue weighted by Crippen LogP contribution is 2.21. The fourth-order valence-electron chi connectivity index (χ4n) is 1.31. The van der Waals surface area contributed by atoms with Crippen LogP contribution in [-0.4, -0.2) is 0 Å². The maximum atomic E-state index is 2.36. The molecule has 1 saturated carbocycles. The van der Waals surface area contributed by atoms with Gasteiger partial charge in [0, 0.05) is 0 Å². The Kier molecular flexibility index (Phi) is 3.88. The molecule has 0 spiro atoms. The van der Waals surface area contributed by atoms with Crippen LogP contribution in [0, 0.1) is 5.92 Å². The Hall–Kier alpha value is -0.0400. The zero-order valence-electron chi connectivity index (χ0n) is 5.82. The van der Waals surface area contributed by atoms with Gasteiger partial charge >= 0.3 is 0 Å². The van der Waals surface area contributed by atoms with E-state index in [-0.39, 0.29) is 6.15 Å². The molecule has 0 aliphatic heterocycles. The maximum Gasteiger partial charge on any atom is -0.0443 e. The maximum absolute atomic E-state index is 2.36. The van der Waals surface area contributed by atoms with Crippen LogP contribution >= 0.6 is 0 Å². The van der Waals surface area contributed by atoms with E-state index in [0.717, 1.165) is 5.92 Å². The molecule has 0 unspecified atom stereocenters.